The molecule has 0 spiro atoms. The van der Waals surface area contributed by atoms with E-state index in [1.54, 1.807) is 13.8 Å². The minimum absolute atomic E-state index is 0.101. The molecular formula is C9H14O2. The van der Waals surface area contributed by atoms with Crippen molar-refractivity contribution < 1.29 is 9.90 Å². The van der Waals surface area contributed by atoms with Crippen LogP contribution in [-0.2, 0) is 4.79 Å². The Morgan fingerprint density at radius 1 is 1.55 bits per heavy atom. The van der Waals surface area contributed by atoms with E-state index in [4.69, 9.17) is 0 Å². The highest BCUT2D eigenvalue weighted by Crippen LogP contribution is 2.23. The van der Waals surface area contributed by atoms with E-state index in [2.05, 4.69) is 0 Å². The van der Waals surface area contributed by atoms with Crippen molar-refractivity contribution in [2.75, 3.05) is 0 Å². The van der Waals surface area contributed by atoms with Crippen LogP contribution in [0.5, 0.6) is 0 Å². The number of ketones is 1. The normalized spacial score (nSPS) is 19.9. The van der Waals surface area contributed by atoms with Crippen molar-refractivity contribution in [2.45, 2.75) is 38.7 Å². The van der Waals surface area contributed by atoms with Crippen molar-refractivity contribution in [3.63, 3.8) is 0 Å². The summed E-state index contributed by atoms with van der Waals surface area (Å²) in [6.45, 7) is 3.31. The summed E-state index contributed by atoms with van der Waals surface area (Å²) in [5.41, 5.74) is -0.360. The summed E-state index contributed by atoms with van der Waals surface area (Å²) in [5.74, 6) is 0.101. The quantitative estimate of drug-likeness (QED) is 0.620. The van der Waals surface area contributed by atoms with Crippen LogP contribution in [0.15, 0.2) is 11.6 Å². The number of hydrogen-bond acceptors (Lipinski definition) is 2. The van der Waals surface area contributed by atoms with Crippen LogP contribution in [0.3, 0.4) is 0 Å². The zero-order valence-corrected chi connectivity index (χ0v) is 7.05. The lowest BCUT2D eigenvalue weighted by Gasteiger charge is -2.23. The van der Waals surface area contributed by atoms with Gasteiger partial charge in [-0.1, -0.05) is 6.08 Å². The third-order valence-corrected chi connectivity index (χ3v) is 1.92. The largest absolute Gasteiger partial charge is 0.386 e. The van der Waals surface area contributed by atoms with Crippen LogP contribution in [-0.4, -0.2) is 16.5 Å². The monoisotopic (exact) mass is 154 g/mol. The van der Waals surface area contributed by atoms with Gasteiger partial charge in [-0.2, -0.15) is 0 Å². The Kier molecular flexibility index (Phi) is 2.14. The molecule has 0 aromatic carbocycles. The molecule has 1 rings (SSSR count). The molecule has 0 saturated heterocycles. The van der Waals surface area contributed by atoms with Crippen molar-refractivity contribution in [2.24, 2.45) is 0 Å². The van der Waals surface area contributed by atoms with Gasteiger partial charge in [0.15, 0.2) is 5.78 Å². The zero-order chi connectivity index (χ0) is 8.48. The first-order valence-electron chi connectivity index (χ1n) is 3.98. The number of carbonyl (C=O) groups is 1. The molecule has 1 aliphatic carbocycles. The van der Waals surface area contributed by atoms with Crippen LogP contribution in [0.4, 0.5) is 0 Å². The lowest BCUT2D eigenvalue weighted by atomic mass is 9.87. The molecule has 0 fully saturated rings. The molecule has 0 atom stereocenters. The lowest BCUT2D eigenvalue weighted by Crippen LogP contribution is -2.29. The molecule has 62 valence electrons. The van der Waals surface area contributed by atoms with Gasteiger partial charge in [-0.15, -0.1) is 0 Å². The predicted molar refractivity (Wildman–Crippen MR) is 43.2 cm³/mol. The molecule has 0 bridgehead atoms. The molecule has 0 radical (unpaired) electrons. The molecule has 1 aliphatic rings. The van der Waals surface area contributed by atoms with Gasteiger partial charge in [0.1, 0.15) is 0 Å². The van der Waals surface area contributed by atoms with E-state index in [0.717, 1.165) is 12.8 Å². The number of rotatable bonds is 1. The van der Waals surface area contributed by atoms with Crippen molar-refractivity contribution in [3.8, 4) is 0 Å². The fourth-order valence-electron chi connectivity index (χ4n) is 1.35. The maximum Gasteiger partial charge on any atom is 0.161 e. The minimum Gasteiger partial charge on any atom is -0.386 e. The smallest absolute Gasteiger partial charge is 0.161 e. The molecule has 0 saturated carbocycles. The summed E-state index contributed by atoms with van der Waals surface area (Å²) in [6, 6.07) is 0. The number of Topliss-reactive ketones (excluding diaryl/α,β-unsaturated/α-hetero) is 1. The summed E-state index contributed by atoms with van der Waals surface area (Å²) in [5, 5.41) is 9.52. The summed E-state index contributed by atoms with van der Waals surface area (Å²) < 4.78 is 0. The average molecular weight is 154 g/mol. The molecule has 0 heterocycles. The van der Waals surface area contributed by atoms with E-state index in [0.29, 0.717) is 12.0 Å². The Bertz CT molecular complexity index is 196. The Morgan fingerprint density at radius 2 is 2.18 bits per heavy atom. The van der Waals surface area contributed by atoms with Crippen LogP contribution in [0, 0.1) is 0 Å². The van der Waals surface area contributed by atoms with E-state index in [1.165, 1.54) is 0 Å². The molecule has 0 aromatic rings. The van der Waals surface area contributed by atoms with Gasteiger partial charge in [-0.25, -0.2) is 0 Å². The highest BCUT2D eigenvalue weighted by molar-refractivity contribution is 5.97. The molecule has 2 nitrogen and oxygen atoms in total. The Balaban J connectivity index is 2.85. The van der Waals surface area contributed by atoms with Crippen molar-refractivity contribution in [3.05, 3.63) is 11.6 Å². The fraction of sp³-hybridized carbons (Fsp3) is 0.667. The lowest BCUT2D eigenvalue weighted by molar-refractivity contribution is -0.117. The second kappa shape index (κ2) is 2.78. The Morgan fingerprint density at radius 3 is 2.55 bits per heavy atom. The second-order valence-corrected chi connectivity index (χ2v) is 3.49. The second-order valence-electron chi connectivity index (χ2n) is 3.49. The highest BCUT2D eigenvalue weighted by atomic mass is 16.3. The first kappa shape index (κ1) is 8.47. The first-order valence-corrected chi connectivity index (χ1v) is 3.98. The van der Waals surface area contributed by atoms with Gasteiger partial charge in [0.25, 0.3) is 0 Å². The summed E-state index contributed by atoms with van der Waals surface area (Å²) >= 11 is 0. The van der Waals surface area contributed by atoms with E-state index < -0.39 is 5.60 Å². The maximum atomic E-state index is 11.2. The molecule has 0 amide bonds. The van der Waals surface area contributed by atoms with Gasteiger partial charge < -0.3 is 5.11 Å². The Hall–Kier alpha value is -0.630. The van der Waals surface area contributed by atoms with Crippen LogP contribution < -0.4 is 0 Å². The third kappa shape index (κ3) is 1.90. The summed E-state index contributed by atoms with van der Waals surface area (Å²) in [4.78, 5) is 11.2. The van der Waals surface area contributed by atoms with Crippen molar-refractivity contribution >= 4 is 5.78 Å². The molecule has 0 aliphatic heterocycles. The van der Waals surface area contributed by atoms with Crippen LogP contribution in [0.1, 0.15) is 33.1 Å². The van der Waals surface area contributed by atoms with E-state index in [-0.39, 0.29) is 5.78 Å². The van der Waals surface area contributed by atoms with Crippen LogP contribution >= 0.6 is 0 Å². The van der Waals surface area contributed by atoms with Crippen molar-refractivity contribution in [1.82, 2.24) is 0 Å². The third-order valence-electron chi connectivity index (χ3n) is 1.92. The van der Waals surface area contributed by atoms with Crippen LogP contribution in [0.2, 0.25) is 0 Å². The molecule has 0 aromatic heterocycles. The van der Waals surface area contributed by atoms with Gasteiger partial charge in [-0.05, 0) is 26.7 Å². The Labute approximate surface area is 66.9 Å². The number of allylic oxidation sites excluding steroid dienone is 1. The van der Waals surface area contributed by atoms with Crippen LogP contribution in [0.25, 0.3) is 0 Å². The summed E-state index contributed by atoms with van der Waals surface area (Å²) in [7, 11) is 0. The predicted octanol–water partition coefficient (Wildman–Crippen LogP) is 1.44. The van der Waals surface area contributed by atoms with Gasteiger partial charge in [0.2, 0.25) is 0 Å². The standard InChI is InChI=1S/C9H14O2/c1-9(2,11)7-5-3-4-6-8(7)10/h5,11H,3-4,6H2,1-2H3. The number of hydrogen-bond donors (Lipinski definition) is 1. The molecule has 11 heavy (non-hydrogen) atoms. The topological polar surface area (TPSA) is 37.3 Å². The molecule has 2 heteroatoms. The molecular weight excluding hydrogens is 140 g/mol. The molecule has 1 N–H and O–H groups in total. The van der Waals surface area contributed by atoms with Crippen molar-refractivity contribution in [1.29, 1.82) is 0 Å². The van der Waals surface area contributed by atoms with E-state index >= 15 is 0 Å². The van der Waals surface area contributed by atoms with Gasteiger partial charge in [-0.3, -0.25) is 4.79 Å². The van der Waals surface area contributed by atoms with Gasteiger partial charge in [0.05, 0.1) is 5.60 Å². The van der Waals surface area contributed by atoms with E-state index in [1.807, 2.05) is 6.08 Å². The minimum atomic E-state index is -0.947. The molecule has 0 unspecified atom stereocenters. The SMILES string of the molecule is CC(C)(O)C1=CCCCC1=O. The zero-order valence-electron chi connectivity index (χ0n) is 7.05. The first-order chi connectivity index (χ1) is 5.02. The highest BCUT2D eigenvalue weighted by Gasteiger charge is 2.26. The van der Waals surface area contributed by atoms with Gasteiger partial charge >= 0.3 is 0 Å². The maximum absolute atomic E-state index is 11.2. The number of carbonyl (C=O) groups excluding carboxylic acids is 1. The summed E-state index contributed by atoms with van der Waals surface area (Å²) in [6.07, 6.45) is 4.30. The fourth-order valence-corrected chi connectivity index (χ4v) is 1.35. The van der Waals surface area contributed by atoms with E-state index in [9.17, 15) is 9.90 Å². The number of aliphatic hydroxyl groups is 1. The van der Waals surface area contributed by atoms with Gasteiger partial charge in [0, 0.05) is 12.0 Å². The average Bonchev–Trinajstić information content (AvgIpc) is 1.86.